The van der Waals surface area contributed by atoms with E-state index in [2.05, 4.69) is 27.9 Å². The summed E-state index contributed by atoms with van der Waals surface area (Å²) < 4.78 is 43.3. The lowest BCUT2D eigenvalue weighted by Gasteiger charge is -2.23. The first-order valence-corrected chi connectivity index (χ1v) is 13.4. The van der Waals surface area contributed by atoms with E-state index in [0.29, 0.717) is 29.1 Å². The number of nitrogens with zero attached hydrogens (tertiary/aromatic N) is 5. The Bertz CT molecular complexity index is 1580. The molecular formula is C27H26F2N6O2S. The molecule has 2 aliphatic heterocycles. The molecule has 8 nitrogen and oxygen atoms in total. The number of thioether (sulfide) groups is 1. The number of benzene rings is 1. The monoisotopic (exact) mass is 536 g/mol. The Morgan fingerprint density at radius 3 is 2.66 bits per heavy atom. The van der Waals surface area contributed by atoms with Crippen LogP contribution < -0.4 is 15.4 Å². The van der Waals surface area contributed by atoms with Gasteiger partial charge in [-0.1, -0.05) is 6.92 Å². The van der Waals surface area contributed by atoms with Crippen molar-refractivity contribution < 1.29 is 18.3 Å². The van der Waals surface area contributed by atoms with Gasteiger partial charge in [-0.25, -0.2) is 8.78 Å². The van der Waals surface area contributed by atoms with Crippen molar-refractivity contribution in [1.29, 1.82) is 5.26 Å². The Balaban J connectivity index is 1.63. The van der Waals surface area contributed by atoms with Gasteiger partial charge in [-0.3, -0.25) is 4.98 Å². The van der Waals surface area contributed by atoms with Crippen LogP contribution in [-0.4, -0.2) is 41.4 Å². The first kappa shape index (κ1) is 24.8. The number of ether oxygens (including phenoxy) is 2. The van der Waals surface area contributed by atoms with Crippen LogP contribution in [-0.2, 0) is 18.0 Å². The number of halogens is 2. The van der Waals surface area contributed by atoms with Crippen molar-refractivity contribution in [2.45, 2.75) is 44.3 Å². The van der Waals surface area contributed by atoms with E-state index in [9.17, 15) is 9.65 Å². The second-order valence-corrected chi connectivity index (χ2v) is 11.2. The molecule has 38 heavy (non-hydrogen) atoms. The van der Waals surface area contributed by atoms with Crippen molar-refractivity contribution in [1.82, 2.24) is 15.0 Å². The zero-order valence-corrected chi connectivity index (χ0v) is 22.1. The molecule has 0 spiro atoms. The minimum atomic E-state index is -0.649. The summed E-state index contributed by atoms with van der Waals surface area (Å²) in [6.45, 7) is 2.95. The molecule has 1 aliphatic carbocycles. The smallest absolute Gasteiger partial charge is 0.319 e. The van der Waals surface area contributed by atoms with Crippen LogP contribution in [0.1, 0.15) is 42.9 Å². The normalized spacial score (nSPS) is 17.3. The fraction of sp³-hybridized carbons (Fsp3) is 0.407. The van der Waals surface area contributed by atoms with Crippen molar-refractivity contribution >= 4 is 34.1 Å². The number of hydrogen-bond acceptors (Lipinski definition) is 9. The third-order valence-electron chi connectivity index (χ3n) is 7.68. The molecule has 3 aromatic rings. The molecule has 11 heteroatoms. The molecule has 4 heterocycles. The van der Waals surface area contributed by atoms with E-state index in [0.717, 1.165) is 42.8 Å². The summed E-state index contributed by atoms with van der Waals surface area (Å²) in [4.78, 5) is 15.5. The number of aromatic nitrogens is 3. The Labute approximate surface area is 222 Å². The van der Waals surface area contributed by atoms with E-state index in [1.807, 2.05) is 14.1 Å². The zero-order chi connectivity index (χ0) is 26.8. The number of hydrogen-bond donors (Lipinski definition) is 1. The van der Waals surface area contributed by atoms with Gasteiger partial charge in [0, 0.05) is 42.1 Å². The van der Waals surface area contributed by atoms with Crippen molar-refractivity contribution in [2.75, 3.05) is 31.4 Å². The number of fused-ring (bicyclic) bond motifs is 4. The van der Waals surface area contributed by atoms with Gasteiger partial charge in [-0.2, -0.15) is 15.2 Å². The molecular weight excluding hydrogens is 510 g/mol. The Kier molecular flexibility index (Phi) is 5.92. The number of nitrogens with two attached hydrogens (primary N) is 1. The summed E-state index contributed by atoms with van der Waals surface area (Å²) >= 11 is 1.16. The number of pyridine rings is 1. The molecule has 6 rings (SSSR count). The minimum absolute atomic E-state index is 0.0677. The van der Waals surface area contributed by atoms with Crippen molar-refractivity contribution in [3.05, 3.63) is 40.2 Å². The highest BCUT2D eigenvalue weighted by atomic mass is 32.2. The Morgan fingerprint density at radius 2 is 1.97 bits per heavy atom. The van der Waals surface area contributed by atoms with Gasteiger partial charge in [0.2, 0.25) is 0 Å². The van der Waals surface area contributed by atoms with Gasteiger partial charge in [0.05, 0.1) is 47.6 Å². The predicted molar refractivity (Wildman–Crippen MR) is 140 cm³/mol. The maximum absolute atomic E-state index is 16.7. The lowest BCUT2D eigenvalue weighted by molar-refractivity contribution is 0.135. The molecule has 0 saturated heterocycles. The largest absolute Gasteiger partial charge is 0.463 e. The van der Waals surface area contributed by atoms with Gasteiger partial charge in [0.25, 0.3) is 0 Å². The summed E-state index contributed by atoms with van der Waals surface area (Å²) in [7, 11) is 3.66. The molecule has 196 valence electrons. The highest BCUT2D eigenvalue weighted by Gasteiger charge is 2.42. The molecule has 3 aliphatic rings. The molecule has 1 aromatic carbocycles. The molecule has 2 N–H and O–H groups in total. The number of rotatable bonds is 6. The first-order valence-electron chi connectivity index (χ1n) is 12.4. The van der Waals surface area contributed by atoms with Crippen LogP contribution in [0.5, 0.6) is 6.01 Å². The van der Waals surface area contributed by atoms with Crippen LogP contribution in [0.15, 0.2) is 16.8 Å². The summed E-state index contributed by atoms with van der Waals surface area (Å²) in [5.41, 5.74) is 8.50. The molecule has 1 saturated carbocycles. The zero-order valence-electron chi connectivity index (χ0n) is 21.3. The summed E-state index contributed by atoms with van der Waals surface area (Å²) in [5.74, 6) is -0.452. The van der Waals surface area contributed by atoms with E-state index in [4.69, 9.17) is 15.2 Å². The van der Waals surface area contributed by atoms with Gasteiger partial charge in [0.1, 0.15) is 17.4 Å². The van der Waals surface area contributed by atoms with Gasteiger partial charge < -0.3 is 20.1 Å². The number of nitriles is 1. The Hall–Kier alpha value is -3.49. The van der Waals surface area contributed by atoms with Crippen molar-refractivity contribution in [3.63, 3.8) is 0 Å². The SMILES string of the molecule is CCC1(COc2nc(N(C)C)c3c4c(c(-c5ncc(F)c6c5C(C#N)=C(N)CS6)c(F)c3n2)COC4)CC1. The van der Waals surface area contributed by atoms with Crippen LogP contribution in [0, 0.1) is 28.4 Å². The molecule has 0 amide bonds. The highest BCUT2D eigenvalue weighted by Crippen LogP contribution is 2.49. The standard InChI is InChI=1S/C27H26F2N6O2S/c1-4-27(5-6-27)12-37-26-33-23-20(25(34-26)35(2)3)15-10-36-9-14(15)18(21(23)29)22-19-13(7-30)17(31)11-38-24(19)16(28)8-32-22/h8H,4-6,9-12,31H2,1-3H3. The van der Waals surface area contributed by atoms with E-state index >= 15 is 4.39 Å². The van der Waals surface area contributed by atoms with Gasteiger partial charge >= 0.3 is 6.01 Å². The summed E-state index contributed by atoms with van der Waals surface area (Å²) in [6, 6.07) is 2.17. The van der Waals surface area contributed by atoms with Crippen LogP contribution in [0.4, 0.5) is 14.6 Å². The average Bonchev–Trinajstić information content (AvgIpc) is 3.54. The third-order valence-corrected chi connectivity index (χ3v) is 8.82. The molecule has 0 atom stereocenters. The predicted octanol–water partition coefficient (Wildman–Crippen LogP) is 4.93. The lowest BCUT2D eigenvalue weighted by Crippen LogP contribution is -2.17. The maximum atomic E-state index is 16.7. The van der Waals surface area contributed by atoms with Crippen molar-refractivity contribution in [3.8, 4) is 23.3 Å². The van der Waals surface area contributed by atoms with Crippen LogP contribution in [0.25, 0.3) is 27.7 Å². The van der Waals surface area contributed by atoms with E-state index in [1.54, 1.807) is 4.90 Å². The van der Waals surface area contributed by atoms with Gasteiger partial charge in [-0.15, -0.1) is 11.8 Å². The topological polar surface area (TPSA) is 110 Å². The lowest BCUT2D eigenvalue weighted by atomic mass is 9.91. The molecule has 1 fully saturated rings. The van der Waals surface area contributed by atoms with Gasteiger partial charge in [-0.05, 0) is 30.4 Å². The van der Waals surface area contributed by atoms with Crippen LogP contribution in [0.2, 0.25) is 0 Å². The first-order chi connectivity index (χ1) is 18.3. The summed E-state index contributed by atoms with van der Waals surface area (Å²) in [5, 5.41) is 10.4. The minimum Gasteiger partial charge on any atom is -0.463 e. The Morgan fingerprint density at radius 1 is 1.21 bits per heavy atom. The highest BCUT2D eigenvalue weighted by molar-refractivity contribution is 7.99. The number of anilines is 1. The van der Waals surface area contributed by atoms with E-state index < -0.39 is 11.6 Å². The maximum Gasteiger partial charge on any atom is 0.319 e. The van der Waals surface area contributed by atoms with Crippen LogP contribution >= 0.6 is 11.8 Å². The third kappa shape index (κ3) is 3.77. The molecule has 0 unspecified atom stereocenters. The molecule has 0 radical (unpaired) electrons. The van der Waals surface area contributed by atoms with E-state index in [-0.39, 0.29) is 63.2 Å². The molecule has 2 aromatic heterocycles. The fourth-order valence-electron chi connectivity index (χ4n) is 5.17. The second-order valence-electron chi connectivity index (χ2n) is 10.2. The fourth-order valence-corrected chi connectivity index (χ4v) is 6.14. The van der Waals surface area contributed by atoms with Crippen LogP contribution in [0.3, 0.4) is 0 Å². The van der Waals surface area contributed by atoms with E-state index in [1.165, 1.54) is 0 Å². The molecule has 0 bridgehead atoms. The van der Waals surface area contributed by atoms with Gasteiger partial charge in [0.15, 0.2) is 11.6 Å². The van der Waals surface area contributed by atoms with Crippen molar-refractivity contribution in [2.24, 2.45) is 11.1 Å². The number of allylic oxidation sites excluding steroid dienone is 1. The quantitative estimate of drug-likeness (QED) is 0.469. The average molecular weight is 537 g/mol. The second kappa shape index (κ2) is 9.06. The summed E-state index contributed by atoms with van der Waals surface area (Å²) in [6.07, 6.45) is 4.21.